The zero-order chi connectivity index (χ0) is 14.4. The van der Waals surface area contributed by atoms with E-state index in [2.05, 4.69) is 0 Å². The SMILES string of the molecule is CC(CC[N+](C)(C)CCCNC(=O)F)S(=O)(=O)[O-]. The van der Waals surface area contributed by atoms with E-state index in [0.29, 0.717) is 24.0 Å². The molecule has 0 aliphatic carbocycles. The highest BCUT2D eigenvalue weighted by Crippen LogP contribution is 2.08. The van der Waals surface area contributed by atoms with Crippen molar-refractivity contribution in [2.24, 2.45) is 0 Å². The van der Waals surface area contributed by atoms with Crippen LogP contribution in [0.1, 0.15) is 19.8 Å². The van der Waals surface area contributed by atoms with E-state index in [1.165, 1.54) is 6.92 Å². The minimum atomic E-state index is -4.23. The van der Waals surface area contributed by atoms with Gasteiger partial charge in [-0.3, -0.25) is 0 Å². The van der Waals surface area contributed by atoms with Gasteiger partial charge in [-0.15, -0.1) is 4.39 Å². The van der Waals surface area contributed by atoms with Gasteiger partial charge >= 0.3 is 6.16 Å². The lowest BCUT2D eigenvalue weighted by Gasteiger charge is -2.31. The maximum absolute atomic E-state index is 11.8. The maximum atomic E-state index is 11.8. The van der Waals surface area contributed by atoms with Gasteiger partial charge in [-0.1, -0.05) is 0 Å². The summed E-state index contributed by atoms with van der Waals surface area (Å²) >= 11 is 0. The van der Waals surface area contributed by atoms with Gasteiger partial charge in [0.1, 0.15) is 0 Å². The number of hydrogen-bond acceptors (Lipinski definition) is 4. The predicted molar refractivity (Wildman–Crippen MR) is 64.7 cm³/mol. The Morgan fingerprint density at radius 1 is 1.39 bits per heavy atom. The van der Waals surface area contributed by atoms with Gasteiger partial charge in [0.25, 0.3) is 0 Å². The highest BCUT2D eigenvalue weighted by molar-refractivity contribution is 7.86. The van der Waals surface area contributed by atoms with Gasteiger partial charge in [0, 0.05) is 19.4 Å². The van der Waals surface area contributed by atoms with Gasteiger partial charge in [0.05, 0.1) is 42.6 Å². The molecule has 8 heteroatoms. The van der Waals surface area contributed by atoms with Crippen LogP contribution >= 0.6 is 0 Å². The third kappa shape index (κ3) is 8.37. The van der Waals surface area contributed by atoms with Crippen molar-refractivity contribution in [3.8, 4) is 0 Å². The third-order valence-corrected chi connectivity index (χ3v) is 4.06. The van der Waals surface area contributed by atoms with Gasteiger partial charge in [0.2, 0.25) is 0 Å². The first kappa shape index (κ1) is 17.3. The first-order valence-corrected chi connectivity index (χ1v) is 7.22. The van der Waals surface area contributed by atoms with Gasteiger partial charge < -0.3 is 14.4 Å². The molecule has 0 spiro atoms. The molecule has 18 heavy (non-hydrogen) atoms. The van der Waals surface area contributed by atoms with E-state index in [0.717, 1.165) is 0 Å². The van der Waals surface area contributed by atoms with Crippen LogP contribution in [0.3, 0.4) is 0 Å². The highest BCUT2D eigenvalue weighted by atomic mass is 32.2. The van der Waals surface area contributed by atoms with Crippen molar-refractivity contribution < 1.29 is 26.6 Å². The Balaban J connectivity index is 3.97. The minimum Gasteiger partial charge on any atom is -0.748 e. The average molecular weight is 284 g/mol. The first-order chi connectivity index (χ1) is 8.04. The molecule has 0 aromatic carbocycles. The molecule has 0 heterocycles. The molecular weight excluding hydrogens is 263 g/mol. The van der Waals surface area contributed by atoms with Crippen molar-refractivity contribution >= 4 is 16.3 Å². The van der Waals surface area contributed by atoms with Crippen LogP contribution in [0.15, 0.2) is 0 Å². The second-order valence-electron chi connectivity index (χ2n) is 5.03. The molecule has 0 aromatic heterocycles. The number of halogens is 1. The summed E-state index contributed by atoms with van der Waals surface area (Å²) in [5.74, 6) is 0. The van der Waals surface area contributed by atoms with Crippen LogP contribution in [0.4, 0.5) is 9.18 Å². The van der Waals surface area contributed by atoms with Crippen LogP contribution in [0, 0.1) is 0 Å². The molecular formula is C10H21FN2O4S. The monoisotopic (exact) mass is 284 g/mol. The van der Waals surface area contributed by atoms with E-state index in [1.807, 2.05) is 19.4 Å². The summed E-state index contributed by atoms with van der Waals surface area (Å²) in [4.78, 5) is 10.0. The van der Waals surface area contributed by atoms with Crippen molar-refractivity contribution in [3.05, 3.63) is 0 Å². The number of nitrogens with zero attached hydrogens (tertiary/aromatic N) is 1. The molecule has 0 radical (unpaired) electrons. The Hall–Kier alpha value is -0.730. The van der Waals surface area contributed by atoms with Crippen LogP contribution in [0.25, 0.3) is 0 Å². The summed E-state index contributed by atoms with van der Waals surface area (Å²) in [5, 5.41) is 1.14. The van der Waals surface area contributed by atoms with Crippen molar-refractivity contribution in [1.82, 2.24) is 5.32 Å². The summed E-state index contributed by atoms with van der Waals surface area (Å²) in [6.45, 7) is 2.83. The molecule has 1 atom stereocenters. The van der Waals surface area contributed by atoms with Crippen LogP contribution in [0.2, 0.25) is 0 Å². The third-order valence-electron chi connectivity index (χ3n) is 2.84. The summed E-state index contributed by atoms with van der Waals surface area (Å²) < 4.78 is 44.6. The molecule has 0 aliphatic rings. The molecule has 1 unspecified atom stereocenters. The van der Waals surface area contributed by atoms with Crippen molar-refractivity contribution in [1.29, 1.82) is 0 Å². The molecule has 1 amide bonds. The lowest BCUT2D eigenvalue weighted by molar-refractivity contribution is -0.890. The highest BCUT2D eigenvalue weighted by Gasteiger charge is 2.19. The van der Waals surface area contributed by atoms with E-state index < -0.39 is 21.5 Å². The number of rotatable bonds is 8. The first-order valence-electron chi connectivity index (χ1n) is 5.74. The molecule has 0 aliphatic heterocycles. The van der Waals surface area contributed by atoms with Crippen molar-refractivity contribution in [2.45, 2.75) is 25.0 Å². The van der Waals surface area contributed by atoms with Crippen LogP contribution in [0.5, 0.6) is 0 Å². The lowest BCUT2D eigenvalue weighted by atomic mass is 10.2. The fourth-order valence-electron chi connectivity index (χ4n) is 1.48. The topological polar surface area (TPSA) is 86.3 Å². The maximum Gasteiger partial charge on any atom is 0.397 e. The number of quaternary nitrogens is 1. The lowest BCUT2D eigenvalue weighted by Crippen LogP contribution is -2.43. The van der Waals surface area contributed by atoms with Gasteiger partial charge in [-0.25, -0.2) is 13.2 Å². The van der Waals surface area contributed by atoms with Crippen LogP contribution < -0.4 is 5.32 Å². The number of carbonyl (C=O) groups excluding carboxylic acids is 1. The fraction of sp³-hybridized carbons (Fsp3) is 0.900. The summed E-state index contributed by atoms with van der Waals surface area (Å²) in [7, 11) is -0.448. The van der Waals surface area contributed by atoms with E-state index in [1.54, 1.807) is 0 Å². The summed E-state index contributed by atoms with van der Waals surface area (Å²) in [6.07, 6.45) is -0.679. The minimum absolute atomic E-state index is 0.242. The Morgan fingerprint density at radius 2 is 1.94 bits per heavy atom. The molecule has 0 aromatic rings. The standard InChI is InChI=1S/C10H21FN2O4S/c1-9(18(15,16)17)5-8-13(2,3)7-4-6-12-10(11)14/h9H,4-8H2,1-3H3,(H-,12,14,15,16,17). The van der Waals surface area contributed by atoms with E-state index in [9.17, 15) is 22.2 Å². The van der Waals surface area contributed by atoms with Gasteiger partial charge in [-0.05, 0) is 6.92 Å². The average Bonchev–Trinajstić information content (AvgIpc) is 2.19. The Bertz CT molecular complexity index is 370. The number of hydrogen-bond donors (Lipinski definition) is 1. The number of nitrogens with one attached hydrogen (secondary N) is 1. The van der Waals surface area contributed by atoms with Gasteiger partial charge in [0.15, 0.2) is 0 Å². The zero-order valence-corrected chi connectivity index (χ0v) is 11.8. The van der Waals surface area contributed by atoms with Crippen LogP contribution in [-0.2, 0) is 10.1 Å². The van der Waals surface area contributed by atoms with E-state index in [4.69, 9.17) is 0 Å². The molecule has 0 rings (SSSR count). The summed E-state index contributed by atoms with van der Waals surface area (Å²) in [6, 6.07) is 0. The van der Waals surface area contributed by atoms with Crippen LogP contribution in [-0.4, -0.2) is 62.6 Å². The van der Waals surface area contributed by atoms with Crippen molar-refractivity contribution in [3.63, 3.8) is 0 Å². The largest absolute Gasteiger partial charge is 0.748 e. The molecule has 108 valence electrons. The molecule has 0 saturated heterocycles. The molecule has 0 bridgehead atoms. The zero-order valence-electron chi connectivity index (χ0n) is 11.0. The predicted octanol–water partition coefficient (Wildman–Crippen LogP) is 0.456. The molecule has 1 N–H and O–H groups in total. The van der Waals surface area contributed by atoms with Gasteiger partial charge in [-0.2, -0.15) is 0 Å². The molecule has 0 fully saturated rings. The normalized spacial score (nSPS) is 14.3. The second-order valence-corrected chi connectivity index (χ2v) is 6.82. The second kappa shape index (κ2) is 7.01. The number of amides is 1. The van der Waals surface area contributed by atoms with Crippen molar-refractivity contribution in [2.75, 3.05) is 33.7 Å². The molecule has 6 nitrogen and oxygen atoms in total. The number of carbonyl (C=O) groups is 1. The Morgan fingerprint density at radius 3 is 2.39 bits per heavy atom. The fourth-order valence-corrected chi connectivity index (χ4v) is 1.88. The van der Waals surface area contributed by atoms with E-state index >= 15 is 0 Å². The summed E-state index contributed by atoms with van der Waals surface area (Å²) in [5.41, 5.74) is 0. The smallest absolute Gasteiger partial charge is 0.397 e. The van der Waals surface area contributed by atoms with E-state index in [-0.39, 0.29) is 13.0 Å². The Labute approximate surface area is 107 Å². The Kier molecular flexibility index (Phi) is 6.72. The molecule has 0 saturated carbocycles. The quantitative estimate of drug-likeness (QED) is 0.231.